The molecule has 0 fully saturated rings. The number of rotatable bonds is 6. The van der Waals surface area contributed by atoms with Crippen LogP contribution < -0.4 is 10.6 Å². The maximum atomic E-state index is 11.7. The molecule has 0 aliphatic heterocycles. The normalized spacial score (nSPS) is 13.0. The zero-order valence-corrected chi connectivity index (χ0v) is 7.39. The van der Waals surface area contributed by atoms with E-state index in [9.17, 15) is 13.6 Å². The highest BCUT2D eigenvalue weighted by Gasteiger charge is 2.16. The number of alkyl halides is 2. The molecule has 0 saturated heterocycles. The third-order valence-corrected chi connectivity index (χ3v) is 1.33. The summed E-state index contributed by atoms with van der Waals surface area (Å²) in [7, 11) is 0. The van der Waals surface area contributed by atoms with Gasteiger partial charge in [0.15, 0.2) is 0 Å². The zero-order chi connectivity index (χ0) is 10.3. The molecule has 1 amide bonds. The van der Waals surface area contributed by atoms with Crippen molar-refractivity contribution in [3.8, 4) is 0 Å². The molecular formula is C7H14F2N2O2. The smallest absolute Gasteiger partial charge is 0.265 e. The lowest BCUT2D eigenvalue weighted by molar-refractivity contribution is -0.121. The highest BCUT2D eigenvalue weighted by atomic mass is 19.3. The van der Waals surface area contributed by atoms with Crippen molar-refractivity contribution in [2.24, 2.45) is 0 Å². The van der Waals surface area contributed by atoms with Gasteiger partial charge in [-0.3, -0.25) is 4.79 Å². The predicted molar refractivity (Wildman–Crippen MR) is 43.6 cm³/mol. The van der Waals surface area contributed by atoms with Gasteiger partial charge in [-0.2, -0.15) is 0 Å². The van der Waals surface area contributed by atoms with Crippen molar-refractivity contribution in [3.63, 3.8) is 0 Å². The fraction of sp³-hybridized carbons (Fsp3) is 0.857. The topological polar surface area (TPSA) is 61.4 Å². The highest BCUT2D eigenvalue weighted by Crippen LogP contribution is 1.97. The Kier molecular flexibility index (Phi) is 6.34. The number of nitrogens with one attached hydrogen (secondary N) is 2. The molecule has 0 aromatic heterocycles. The summed E-state index contributed by atoms with van der Waals surface area (Å²) in [5, 5.41) is 13.5. The molecule has 0 aliphatic rings. The number of hydrogen-bond acceptors (Lipinski definition) is 3. The minimum Gasteiger partial charge on any atom is -0.385 e. The molecule has 0 aromatic carbocycles. The lowest BCUT2D eigenvalue weighted by atomic mass is 10.3. The Morgan fingerprint density at radius 2 is 2.15 bits per heavy atom. The number of hydrogen-bond donors (Lipinski definition) is 3. The average molecular weight is 196 g/mol. The SMILES string of the molecule is CCNCC(=O)NCC(O)C(F)F. The molecule has 6 heteroatoms. The quantitative estimate of drug-likeness (QED) is 0.528. The van der Waals surface area contributed by atoms with E-state index in [1.165, 1.54) is 0 Å². The third kappa shape index (κ3) is 6.41. The molecule has 1 atom stereocenters. The number of likely N-dealkylation sites (N-methyl/N-ethyl adjacent to an activating group) is 1. The average Bonchev–Trinajstić information content (AvgIpc) is 2.10. The van der Waals surface area contributed by atoms with E-state index in [1.54, 1.807) is 0 Å². The van der Waals surface area contributed by atoms with Gasteiger partial charge in [0.25, 0.3) is 6.43 Å². The first-order chi connectivity index (χ1) is 6.07. The van der Waals surface area contributed by atoms with E-state index in [2.05, 4.69) is 10.6 Å². The van der Waals surface area contributed by atoms with Crippen LogP contribution in [-0.2, 0) is 4.79 Å². The van der Waals surface area contributed by atoms with Crippen LogP contribution in [0, 0.1) is 0 Å². The molecule has 0 aromatic rings. The van der Waals surface area contributed by atoms with E-state index in [0.29, 0.717) is 6.54 Å². The second-order valence-electron chi connectivity index (χ2n) is 2.49. The van der Waals surface area contributed by atoms with Crippen LogP contribution in [0.4, 0.5) is 8.78 Å². The van der Waals surface area contributed by atoms with Gasteiger partial charge in [-0.1, -0.05) is 6.92 Å². The van der Waals surface area contributed by atoms with E-state index >= 15 is 0 Å². The Morgan fingerprint density at radius 1 is 1.54 bits per heavy atom. The summed E-state index contributed by atoms with van der Waals surface area (Å²) >= 11 is 0. The summed E-state index contributed by atoms with van der Waals surface area (Å²) in [4.78, 5) is 10.8. The molecule has 3 N–H and O–H groups in total. The Morgan fingerprint density at radius 3 is 2.62 bits per heavy atom. The van der Waals surface area contributed by atoms with Crippen LogP contribution in [0.5, 0.6) is 0 Å². The Hall–Kier alpha value is -0.750. The third-order valence-electron chi connectivity index (χ3n) is 1.33. The summed E-state index contributed by atoms with van der Waals surface area (Å²) in [5.41, 5.74) is 0. The van der Waals surface area contributed by atoms with Gasteiger partial charge >= 0.3 is 0 Å². The summed E-state index contributed by atoms with van der Waals surface area (Å²) in [6.07, 6.45) is -4.61. The van der Waals surface area contributed by atoms with Gasteiger partial charge in [0.1, 0.15) is 6.10 Å². The van der Waals surface area contributed by atoms with Crippen LogP contribution in [0.1, 0.15) is 6.92 Å². The second-order valence-corrected chi connectivity index (χ2v) is 2.49. The second kappa shape index (κ2) is 6.73. The van der Waals surface area contributed by atoms with E-state index in [4.69, 9.17) is 5.11 Å². The monoisotopic (exact) mass is 196 g/mol. The van der Waals surface area contributed by atoms with Gasteiger partial charge < -0.3 is 15.7 Å². The molecule has 0 bridgehead atoms. The Balaban J connectivity index is 3.46. The molecule has 0 saturated carbocycles. The molecule has 0 heterocycles. The Labute approximate surface area is 75.3 Å². The number of carbonyl (C=O) groups excluding carboxylic acids is 1. The first-order valence-corrected chi connectivity index (χ1v) is 4.01. The van der Waals surface area contributed by atoms with E-state index in [0.717, 1.165) is 0 Å². The van der Waals surface area contributed by atoms with Crippen LogP contribution in [0.3, 0.4) is 0 Å². The van der Waals surface area contributed by atoms with E-state index in [-0.39, 0.29) is 6.54 Å². The maximum Gasteiger partial charge on any atom is 0.265 e. The number of aliphatic hydroxyl groups excluding tert-OH is 1. The fourth-order valence-corrected chi connectivity index (χ4v) is 0.609. The standard InChI is InChI=1S/C7H14F2N2O2/c1-2-10-4-6(13)11-3-5(12)7(8)9/h5,7,10,12H,2-4H2,1H3,(H,11,13). The molecule has 13 heavy (non-hydrogen) atoms. The fourth-order valence-electron chi connectivity index (χ4n) is 0.609. The Bertz CT molecular complexity index is 155. The molecule has 0 rings (SSSR count). The molecule has 0 radical (unpaired) electrons. The number of carbonyl (C=O) groups is 1. The van der Waals surface area contributed by atoms with Crippen LogP contribution in [0.2, 0.25) is 0 Å². The predicted octanol–water partition coefficient (Wildman–Crippen LogP) is -0.662. The minimum atomic E-state index is -2.82. The van der Waals surface area contributed by atoms with E-state index < -0.39 is 25.0 Å². The number of aliphatic hydroxyl groups is 1. The minimum absolute atomic E-state index is 0.0759. The van der Waals surface area contributed by atoms with Crippen molar-refractivity contribution < 1.29 is 18.7 Å². The molecule has 1 unspecified atom stereocenters. The molecule has 4 nitrogen and oxygen atoms in total. The molecule has 0 spiro atoms. The molecule has 78 valence electrons. The maximum absolute atomic E-state index is 11.7. The van der Waals surface area contributed by atoms with Gasteiger partial charge in [0.05, 0.1) is 6.54 Å². The van der Waals surface area contributed by atoms with Crippen LogP contribution in [0.25, 0.3) is 0 Å². The summed E-state index contributed by atoms with van der Waals surface area (Å²) < 4.78 is 23.4. The van der Waals surface area contributed by atoms with E-state index in [1.807, 2.05) is 6.92 Å². The van der Waals surface area contributed by atoms with Crippen molar-refractivity contribution in [1.82, 2.24) is 10.6 Å². The van der Waals surface area contributed by atoms with Crippen molar-refractivity contribution in [2.45, 2.75) is 19.5 Å². The number of halogens is 2. The lowest BCUT2D eigenvalue weighted by Crippen LogP contribution is -2.40. The zero-order valence-electron chi connectivity index (χ0n) is 7.39. The van der Waals surface area contributed by atoms with Gasteiger partial charge in [-0.05, 0) is 6.54 Å². The van der Waals surface area contributed by atoms with Gasteiger partial charge in [0.2, 0.25) is 5.91 Å². The van der Waals surface area contributed by atoms with Gasteiger partial charge in [0, 0.05) is 6.54 Å². The van der Waals surface area contributed by atoms with Crippen molar-refractivity contribution in [2.75, 3.05) is 19.6 Å². The van der Waals surface area contributed by atoms with Crippen molar-refractivity contribution in [1.29, 1.82) is 0 Å². The number of amides is 1. The first kappa shape index (κ1) is 12.2. The van der Waals surface area contributed by atoms with Crippen LogP contribution in [0.15, 0.2) is 0 Å². The first-order valence-electron chi connectivity index (χ1n) is 4.01. The summed E-state index contributed by atoms with van der Waals surface area (Å²) in [6.45, 7) is 2.11. The molecule has 0 aliphatic carbocycles. The summed E-state index contributed by atoms with van der Waals surface area (Å²) in [6, 6.07) is 0. The molecular weight excluding hydrogens is 182 g/mol. The summed E-state index contributed by atoms with van der Waals surface area (Å²) in [5.74, 6) is -0.401. The van der Waals surface area contributed by atoms with Crippen LogP contribution >= 0.6 is 0 Å². The van der Waals surface area contributed by atoms with Gasteiger partial charge in [-0.25, -0.2) is 8.78 Å². The van der Waals surface area contributed by atoms with Crippen molar-refractivity contribution in [3.05, 3.63) is 0 Å². The van der Waals surface area contributed by atoms with Crippen LogP contribution in [-0.4, -0.2) is 43.2 Å². The highest BCUT2D eigenvalue weighted by molar-refractivity contribution is 5.77. The largest absolute Gasteiger partial charge is 0.385 e. The lowest BCUT2D eigenvalue weighted by Gasteiger charge is -2.10. The van der Waals surface area contributed by atoms with Crippen molar-refractivity contribution >= 4 is 5.91 Å². The van der Waals surface area contributed by atoms with Gasteiger partial charge in [-0.15, -0.1) is 0 Å².